The second kappa shape index (κ2) is 21.1. The maximum atomic E-state index is 10.1. The molecule has 3 nitrogen and oxygen atoms in total. The molecule has 0 aromatic heterocycles. The lowest BCUT2D eigenvalue weighted by Gasteiger charge is -2.29. The van der Waals surface area contributed by atoms with Gasteiger partial charge in [0.05, 0.1) is 0 Å². The van der Waals surface area contributed by atoms with Crippen molar-refractivity contribution in [2.75, 3.05) is 33.2 Å². The minimum atomic E-state index is 0.728. The number of hydrogen-bond acceptors (Lipinski definition) is 3. The highest BCUT2D eigenvalue weighted by molar-refractivity contribution is 5.48. The van der Waals surface area contributed by atoms with Gasteiger partial charge in [-0.3, -0.25) is 0 Å². The third-order valence-electron chi connectivity index (χ3n) is 4.13. The molecule has 1 fully saturated rings. The summed E-state index contributed by atoms with van der Waals surface area (Å²) in [5.41, 5.74) is 1.42. The monoisotopic (exact) mass is 352 g/mol. The van der Waals surface area contributed by atoms with Gasteiger partial charge >= 0.3 is 0 Å². The van der Waals surface area contributed by atoms with E-state index in [0.29, 0.717) is 0 Å². The Labute approximate surface area is 158 Å². The number of carbonyl (C=O) groups excluding carboxylic acids is 1. The minimum Gasteiger partial charge on any atom is -0.316 e. The fourth-order valence-electron chi connectivity index (χ4n) is 2.69. The van der Waals surface area contributed by atoms with Gasteiger partial charge in [-0.2, -0.15) is 0 Å². The van der Waals surface area contributed by atoms with Crippen molar-refractivity contribution in [3.8, 4) is 0 Å². The molecule has 1 aliphatic heterocycles. The van der Waals surface area contributed by atoms with Crippen molar-refractivity contribution in [2.24, 2.45) is 5.92 Å². The highest BCUT2D eigenvalue weighted by Gasteiger charge is 2.14. The fraction of sp³-hybridized carbons (Fsp3) is 0.773. The van der Waals surface area contributed by atoms with Crippen molar-refractivity contribution in [1.29, 1.82) is 0 Å². The molecule has 1 aliphatic carbocycles. The molecule has 0 radical (unpaired) electrons. The van der Waals surface area contributed by atoms with Crippen LogP contribution in [0.2, 0.25) is 0 Å². The van der Waals surface area contributed by atoms with E-state index in [0.717, 1.165) is 38.1 Å². The summed E-state index contributed by atoms with van der Waals surface area (Å²) in [5.74, 6) is 0.910. The Morgan fingerprint density at radius 2 is 1.80 bits per heavy atom. The number of unbranched alkanes of at least 4 members (excludes halogenated alkanes) is 1. The second-order valence-electron chi connectivity index (χ2n) is 6.12. The lowest BCUT2D eigenvalue weighted by Crippen LogP contribution is -2.33. The number of allylic oxidation sites excluding steroid dienone is 2. The van der Waals surface area contributed by atoms with Crippen molar-refractivity contribution in [3.05, 3.63) is 23.8 Å². The van der Waals surface area contributed by atoms with Crippen LogP contribution in [-0.4, -0.2) is 44.4 Å². The summed E-state index contributed by atoms with van der Waals surface area (Å²) >= 11 is 0. The van der Waals surface area contributed by atoms with E-state index < -0.39 is 0 Å². The van der Waals surface area contributed by atoms with Crippen molar-refractivity contribution >= 4 is 6.29 Å². The molecular weight excluding hydrogens is 308 g/mol. The number of carbonyl (C=O) groups is 1. The van der Waals surface area contributed by atoms with Crippen molar-refractivity contribution < 1.29 is 4.79 Å². The van der Waals surface area contributed by atoms with Gasteiger partial charge in [-0.25, -0.2) is 0 Å². The Morgan fingerprint density at radius 1 is 1.16 bits per heavy atom. The first-order chi connectivity index (χ1) is 12.3. The number of likely N-dealkylation sites (tertiary alicyclic amines) is 1. The molecule has 0 spiro atoms. The second-order valence-corrected chi connectivity index (χ2v) is 6.12. The number of aldehydes is 1. The molecular formula is C22H44N2O. The quantitative estimate of drug-likeness (QED) is 0.524. The smallest absolute Gasteiger partial charge is 0.120 e. The summed E-state index contributed by atoms with van der Waals surface area (Å²) in [4.78, 5) is 12.6. The molecule has 25 heavy (non-hydrogen) atoms. The number of nitrogens with one attached hydrogen (secondary N) is 1. The zero-order valence-electron chi connectivity index (χ0n) is 17.8. The molecule has 0 aromatic carbocycles. The van der Waals surface area contributed by atoms with Crippen LogP contribution in [0.4, 0.5) is 0 Å². The molecule has 1 saturated heterocycles. The molecule has 0 saturated carbocycles. The topological polar surface area (TPSA) is 32.3 Å². The van der Waals surface area contributed by atoms with Gasteiger partial charge in [-0.05, 0) is 70.3 Å². The first-order valence-electron chi connectivity index (χ1n) is 10.4. The molecule has 0 amide bonds. The Hall–Kier alpha value is -0.930. The van der Waals surface area contributed by atoms with Crippen LogP contribution in [0.1, 0.15) is 73.1 Å². The summed E-state index contributed by atoms with van der Waals surface area (Å²) in [5, 5.41) is 3.12. The van der Waals surface area contributed by atoms with E-state index in [1.807, 2.05) is 34.7 Å². The van der Waals surface area contributed by atoms with Crippen LogP contribution in [0, 0.1) is 5.92 Å². The van der Waals surface area contributed by atoms with Gasteiger partial charge in [0, 0.05) is 13.0 Å². The molecule has 1 heterocycles. The Balaban J connectivity index is 0. The Kier molecular flexibility index (Phi) is 22.2. The molecule has 148 valence electrons. The number of rotatable bonds is 6. The number of nitrogens with zero attached hydrogens (tertiary/aromatic N) is 1. The van der Waals surface area contributed by atoms with Crippen molar-refractivity contribution in [2.45, 2.75) is 73.1 Å². The van der Waals surface area contributed by atoms with Gasteiger partial charge in [0.25, 0.3) is 0 Å². The van der Waals surface area contributed by atoms with Gasteiger partial charge in [-0.15, -0.1) is 0 Å². The first kappa shape index (κ1) is 26.3. The van der Waals surface area contributed by atoms with Gasteiger partial charge in [-0.1, -0.05) is 52.8 Å². The average Bonchev–Trinajstić information content (AvgIpc) is 2.68. The summed E-state index contributed by atoms with van der Waals surface area (Å²) in [6, 6.07) is 0. The molecule has 3 heteroatoms. The molecule has 0 bridgehead atoms. The zero-order valence-corrected chi connectivity index (χ0v) is 17.8. The molecule has 2 rings (SSSR count). The molecule has 0 unspecified atom stereocenters. The van der Waals surface area contributed by atoms with Gasteiger partial charge < -0.3 is 15.0 Å². The average molecular weight is 353 g/mol. The molecule has 2 aliphatic rings. The van der Waals surface area contributed by atoms with Crippen LogP contribution in [0.25, 0.3) is 0 Å². The standard InChI is InChI=1S/C10H19NO.C8H13N.2C2H6/c1-10-4-7-11(8-5-10)6-2-3-9-12;1-9-7-8-5-3-2-4-6-8;2*1-2/h9-10H,2-8H2,1H3;3,5-6,9H,2,4,7H2,1H3;2*1-2H3. The van der Waals surface area contributed by atoms with Gasteiger partial charge in [0.1, 0.15) is 6.29 Å². The minimum absolute atomic E-state index is 0.728. The zero-order chi connectivity index (χ0) is 19.3. The maximum absolute atomic E-state index is 10.1. The Morgan fingerprint density at radius 3 is 2.28 bits per heavy atom. The van der Waals surface area contributed by atoms with Crippen LogP contribution < -0.4 is 5.32 Å². The fourth-order valence-corrected chi connectivity index (χ4v) is 2.69. The highest BCUT2D eigenvalue weighted by atomic mass is 16.1. The van der Waals surface area contributed by atoms with Crippen molar-refractivity contribution in [1.82, 2.24) is 10.2 Å². The predicted octanol–water partition coefficient (Wildman–Crippen LogP) is 5.23. The van der Waals surface area contributed by atoms with E-state index >= 15 is 0 Å². The third-order valence-corrected chi connectivity index (χ3v) is 4.13. The van der Waals surface area contributed by atoms with Gasteiger partial charge in [0.2, 0.25) is 0 Å². The number of likely N-dealkylation sites (N-methyl/N-ethyl adjacent to an activating group) is 1. The maximum Gasteiger partial charge on any atom is 0.120 e. The predicted molar refractivity (Wildman–Crippen MR) is 113 cm³/mol. The first-order valence-corrected chi connectivity index (χ1v) is 10.4. The largest absolute Gasteiger partial charge is 0.316 e. The van der Waals surface area contributed by atoms with Crippen molar-refractivity contribution in [3.63, 3.8) is 0 Å². The van der Waals surface area contributed by atoms with Crippen LogP contribution >= 0.6 is 0 Å². The summed E-state index contributed by atoms with van der Waals surface area (Å²) < 4.78 is 0. The molecule has 0 atom stereocenters. The Bertz CT molecular complexity index is 329. The normalized spacial score (nSPS) is 17.0. The number of hydrogen-bond donors (Lipinski definition) is 1. The van der Waals surface area contributed by atoms with Crippen LogP contribution in [0.5, 0.6) is 0 Å². The SMILES string of the molecule is CC.CC.CC1CCN(CCCC=O)CC1.CNCC1=CCCC=C1. The van der Waals surface area contributed by atoms with Crippen LogP contribution in [0.15, 0.2) is 23.8 Å². The van der Waals surface area contributed by atoms with Crippen LogP contribution in [-0.2, 0) is 4.79 Å². The van der Waals surface area contributed by atoms with E-state index in [9.17, 15) is 4.79 Å². The third kappa shape index (κ3) is 16.3. The van der Waals surface area contributed by atoms with Gasteiger partial charge in [0.15, 0.2) is 0 Å². The van der Waals surface area contributed by atoms with Crippen LogP contribution in [0.3, 0.4) is 0 Å². The summed E-state index contributed by atoms with van der Waals surface area (Å²) in [6.45, 7) is 14.9. The van der Waals surface area contributed by atoms with E-state index in [4.69, 9.17) is 0 Å². The summed E-state index contributed by atoms with van der Waals surface area (Å²) in [6.07, 6.45) is 14.6. The highest BCUT2D eigenvalue weighted by Crippen LogP contribution is 2.15. The lowest BCUT2D eigenvalue weighted by molar-refractivity contribution is -0.108. The summed E-state index contributed by atoms with van der Waals surface area (Å²) in [7, 11) is 1.98. The lowest BCUT2D eigenvalue weighted by atomic mass is 9.99. The molecule has 0 aromatic rings. The number of piperidine rings is 1. The van der Waals surface area contributed by atoms with E-state index in [1.165, 1.54) is 44.3 Å². The van der Waals surface area contributed by atoms with E-state index in [-0.39, 0.29) is 0 Å². The van der Waals surface area contributed by atoms with E-state index in [2.05, 4.69) is 35.4 Å². The molecule has 1 N–H and O–H groups in total. The van der Waals surface area contributed by atoms with E-state index in [1.54, 1.807) is 0 Å².